The van der Waals surface area contributed by atoms with Crippen LogP contribution in [0.5, 0.6) is 5.75 Å². The molecule has 3 aliphatic rings. The minimum absolute atomic E-state index is 0.0417. The van der Waals surface area contributed by atoms with Crippen molar-refractivity contribution in [3.8, 4) is 16.9 Å². The number of rotatable bonds is 3. The zero-order valence-electron chi connectivity index (χ0n) is 20.4. The number of nitrogens with two attached hydrogens (primary N) is 2. The number of hydrogen-bond acceptors (Lipinski definition) is 9. The van der Waals surface area contributed by atoms with Crippen molar-refractivity contribution in [3.05, 3.63) is 47.0 Å². The number of fused-ring (bicyclic) bond motifs is 3. The van der Waals surface area contributed by atoms with Crippen LogP contribution in [0.25, 0.3) is 16.9 Å². The van der Waals surface area contributed by atoms with Gasteiger partial charge in [-0.15, -0.1) is 0 Å². The van der Waals surface area contributed by atoms with Crippen molar-refractivity contribution in [1.82, 2.24) is 0 Å². The summed E-state index contributed by atoms with van der Waals surface area (Å²) in [4.78, 5) is 40.6. The third-order valence-corrected chi connectivity index (χ3v) is 8.04. The summed E-state index contributed by atoms with van der Waals surface area (Å²) in [5.41, 5.74) is 11.3. The number of Topliss-reactive ketones (excluding diaryl/α,β-unsaturated/α-hetero) is 2. The van der Waals surface area contributed by atoms with E-state index < -0.39 is 52.7 Å². The van der Waals surface area contributed by atoms with Gasteiger partial charge in [-0.3, -0.25) is 14.4 Å². The fourth-order valence-corrected chi connectivity index (χ4v) is 6.30. The number of aliphatic hydroxyl groups excluding tert-OH is 2. The minimum atomic E-state index is -2.61. The van der Waals surface area contributed by atoms with Crippen molar-refractivity contribution >= 4 is 34.6 Å². The molecular formula is C27H29N3O7. The lowest BCUT2D eigenvalue weighted by atomic mass is 9.56. The van der Waals surface area contributed by atoms with E-state index in [1.54, 1.807) is 30.3 Å². The SMILES string of the molecule is CN(C)c1cc(-c2cccc(N)c2)c(O)c2c1C[C@H]1C[C@H]3CC(O)C(C(N)=O)C(=O)[C@@]3(O)C(=O)C1=C2O. The van der Waals surface area contributed by atoms with E-state index in [2.05, 4.69) is 0 Å². The van der Waals surface area contributed by atoms with E-state index in [1.807, 2.05) is 19.0 Å². The first-order valence-corrected chi connectivity index (χ1v) is 12.0. The first kappa shape index (κ1) is 24.8. The van der Waals surface area contributed by atoms with Gasteiger partial charge >= 0.3 is 0 Å². The Morgan fingerprint density at radius 1 is 1.14 bits per heavy atom. The van der Waals surface area contributed by atoms with Gasteiger partial charge in [-0.25, -0.2) is 0 Å². The first-order valence-electron chi connectivity index (χ1n) is 12.0. The number of carbonyl (C=O) groups excluding carboxylic acids is 3. The van der Waals surface area contributed by atoms with E-state index in [9.17, 15) is 34.8 Å². The molecule has 5 atom stereocenters. The second-order valence-electron chi connectivity index (χ2n) is 10.4. The molecule has 0 bridgehead atoms. The Hall–Kier alpha value is -3.89. The Labute approximate surface area is 212 Å². The highest BCUT2D eigenvalue weighted by Crippen LogP contribution is 2.54. The average molecular weight is 508 g/mol. The van der Waals surface area contributed by atoms with Crippen LogP contribution in [0, 0.1) is 17.8 Å². The van der Waals surface area contributed by atoms with E-state index in [4.69, 9.17) is 11.5 Å². The predicted octanol–water partition coefficient (Wildman–Crippen LogP) is 0.904. The third-order valence-electron chi connectivity index (χ3n) is 8.04. The van der Waals surface area contributed by atoms with Crippen LogP contribution in [0.1, 0.15) is 24.0 Å². The Balaban J connectivity index is 1.72. The smallest absolute Gasteiger partial charge is 0.230 e. The summed E-state index contributed by atoms with van der Waals surface area (Å²) in [6.07, 6.45) is -1.23. The predicted molar refractivity (Wildman–Crippen MR) is 135 cm³/mol. The van der Waals surface area contributed by atoms with Gasteiger partial charge in [0, 0.05) is 42.5 Å². The van der Waals surface area contributed by atoms with E-state index in [0.717, 1.165) is 0 Å². The number of aromatic hydroxyl groups is 1. The number of hydrogen-bond donors (Lipinski definition) is 6. The fraction of sp³-hybridized carbons (Fsp3) is 0.370. The number of benzene rings is 2. The number of amides is 1. The highest BCUT2D eigenvalue weighted by molar-refractivity contribution is 6.24. The van der Waals surface area contributed by atoms with Gasteiger partial charge in [-0.1, -0.05) is 12.1 Å². The van der Waals surface area contributed by atoms with Gasteiger partial charge in [0.25, 0.3) is 0 Å². The van der Waals surface area contributed by atoms with Crippen LogP contribution in [0.2, 0.25) is 0 Å². The third kappa shape index (κ3) is 3.43. The van der Waals surface area contributed by atoms with Crippen molar-refractivity contribution < 1.29 is 34.8 Å². The van der Waals surface area contributed by atoms with Gasteiger partial charge in [0.1, 0.15) is 17.4 Å². The maximum absolute atomic E-state index is 13.7. The number of carbonyl (C=O) groups is 3. The Kier molecular flexibility index (Phi) is 5.58. The van der Waals surface area contributed by atoms with E-state index in [0.29, 0.717) is 28.1 Å². The molecule has 10 nitrogen and oxygen atoms in total. The van der Waals surface area contributed by atoms with Crippen molar-refractivity contribution in [2.75, 3.05) is 24.7 Å². The number of ketones is 2. The van der Waals surface area contributed by atoms with Gasteiger partial charge in [0.2, 0.25) is 11.7 Å². The molecule has 37 heavy (non-hydrogen) atoms. The largest absolute Gasteiger partial charge is 0.507 e. The van der Waals surface area contributed by atoms with Gasteiger partial charge in [-0.2, -0.15) is 0 Å². The number of nitrogens with zero attached hydrogens (tertiary/aromatic N) is 1. The normalized spacial score (nSPS) is 28.9. The molecule has 1 amide bonds. The summed E-state index contributed by atoms with van der Waals surface area (Å²) >= 11 is 0. The first-order chi connectivity index (χ1) is 17.4. The number of phenols is 1. The maximum Gasteiger partial charge on any atom is 0.230 e. The van der Waals surface area contributed by atoms with Crippen molar-refractivity contribution in [3.63, 3.8) is 0 Å². The molecule has 0 aromatic heterocycles. The lowest BCUT2D eigenvalue weighted by Gasteiger charge is -2.48. The zero-order chi connectivity index (χ0) is 27.0. The van der Waals surface area contributed by atoms with Gasteiger partial charge in [0.15, 0.2) is 11.4 Å². The molecule has 2 aromatic rings. The molecule has 0 spiro atoms. The summed E-state index contributed by atoms with van der Waals surface area (Å²) < 4.78 is 0. The van der Waals surface area contributed by atoms with Crippen LogP contribution in [0.4, 0.5) is 11.4 Å². The minimum Gasteiger partial charge on any atom is -0.507 e. The molecule has 2 fully saturated rings. The molecule has 0 saturated heterocycles. The van der Waals surface area contributed by atoms with Crippen LogP contribution < -0.4 is 16.4 Å². The molecule has 0 heterocycles. The molecule has 10 heteroatoms. The molecule has 3 aliphatic carbocycles. The number of phenolic OH excluding ortho intramolecular Hbond substituents is 1. The lowest BCUT2D eigenvalue weighted by molar-refractivity contribution is -0.174. The molecule has 5 rings (SSSR count). The van der Waals surface area contributed by atoms with Crippen LogP contribution in [-0.2, 0) is 20.8 Å². The number of aliphatic hydroxyl groups is 3. The number of anilines is 2. The summed E-state index contributed by atoms with van der Waals surface area (Å²) in [7, 11) is 3.63. The number of primary amides is 1. The summed E-state index contributed by atoms with van der Waals surface area (Å²) in [6, 6.07) is 8.64. The molecule has 194 valence electrons. The van der Waals surface area contributed by atoms with Crippen LogP contribution in [-0.4, -0.2) is 63.7 Å². The molecular weight excluding hydrogens is 478 g/mol. The zero-order valence-corrected chi connectivity index (χ0v) is 20.4. The summed E-state index contributed by atoms with van der Waals surface area (Å²) in [6.45, 7) is 0. The lowest BCUT2D eigenvalue weighted by Crippen LogP contribution is -2.66. The van der Waals surface area contributed by atoms with Gasteiger partial charge in [-0.05, 0) is 54.5 Å². The summed E-state index contributed by atoms with van der Waals surface area (Å²) in [5, 5.41) is 44.6. The highest BCUT2D eigenvalue weighted by Gasteiger charge is 2.64. The maximum atomic E-state index is 13.7. The second kappa shape index (κ2) is 8.32. The van der Waals surface area contributed by atoms with Crippen LogP contribution in [0.3, 0.4) is 0 Å². The Morgan fingerprint density at radius 2 is 1.84 bits per heavy atom. The summed E-state index contributed by atoms with van der Waals surface area (Å²) in [5.74, 6) is -7.38. The van der Waals surface area contributed by atoms with Crippen molar-refractivity contribution in [2.45, 2.75) is 31.0 Å². The second-order valence-corrected chi connectivity index (χ2v) is 10.4. The van der Waals surface area contributed by atoms with E-state index in [-0.39, 0.29) is 36.1 Å². The molecule has 0 radical (unpaired) electrons. The van der Waals surface area contributed by atoms with Crippen molar-refractivity contribution in [1.29, 1.82) is 0 Å². The standard InChI is InChI=1S/C27H29N3O7/c1-30(2)17-10-15(11-4-3-5-14(28)7-11)22(32)20-16(17)8-12-6-13-9-18(31)21(26(29)36)25(35)27(13,37)24(34)19(12)23(20)33/h3-5,7,10,12-13,18,21,31-33,37H,6,8-9,28H2,1-2H3,(H2,29,36)/t12-,13+,18?,21?,27+/m1/s1. The monoisotopic (exact) mass is 507 g/mol. The fourth-order valence-electron chi connectivity index (χ4n) is 6.30. The van der Waals surface area contributed by atoms with Crippen LogP contribution in [0.15, 0.2) is 35.9 Å². The number of nitrogen functional groups attached to an aromatic ring is 1. The molecule has 2 unspecified atom stereocenters. The average Bonchev–Trinajstić information content (AvgIpc) is 2.81. The highest BCUT2D eigenvalue weighted by atomic mass is 16.3. The molecule has 0 aliphatic heterocycles. The Bertz CT molecular complexity index is 1400. The quantitative estimate of drug-likeness (QED) is 0.259. The van der Waals surface area contributed by atoms with E-state index in [1.165, 1.54) is 0 Å². The molecule has 8 N–H and O–H groups in total. The van der Waals surface area contributed by atoms with Gasteiger partial charge in [0.05, 0.1) is 11.7 Å². The molecule has 2 aromatic carbocycles. The van der Waals surface area contributed by atoms with Gasteiger partial charge < -0.3 is 36.8 Å². The molecule has 2 saturated carbocycles. The van der Waals surface area contributed by atoms with Crippen LogP contribution >= 0.6 is 0 Å². The van der Waals surface area contributed by atoms with E-state index >= 15 is 0 Å². The van der Waals surface area contributed by atoms with Crippen molar-refractivity contribution in [2.24, 2.45) is 23.5 Å². The topological polar surface area (TPSA) is 187 Å². The Morgan fingerprint density at radius 3 is 2.46 bits per heavy atom.